The van der Waals surface area contributed by atoms with E-state index in [1.165, 1.54) is 6.07 Å². The molecule has 2 aromatic rings. The second kappa shape index (κ2) is 4.92. The first-order valence-corrected chi connectivity index (χ1v) is 5.92. The Hall–Kier alpha value is -1.95. The fourth-order valence-electron chi connectivity index (χ4n) is 1.47. The Bertz CT molecular complexity index is 526. The molecule has 0 bridgehead atoms. The van der Waals surface area contributed by atoms with Crippen molar-refractivity contribution in [3.05, 3.63) is 50.5 Å². The topological polar surface area (TPSA) is 68.1 Å². The number of hydrogen-bond acceptors (Lipinski definition) is 5. The minimum absolute atomic E-state index is 0.113. The van der Waals surface area contributed by atoms with Crippen molar-refractivity contribution in [2.75, 3.05) is 5.32 Å². The van der Waals surface area contributed by atoms with Gasteiger partial charge in [-0.05, 0) is 18.6 Å². The largest absolute Gasteiger partial charge is 0.378 e. The molecule has 0 fully saturated rings. The lowest BCUT2D eigenvalue weighted by atomic mass is 10.2. The molecule has 0 aliphatic rings. The fourth-order valence-corrected chi connectivity index (χ4v) is 2.03. The number of nitrogens with zero attached hydrogens (tertiary/aromatic N) is 2. The van der Waals surface area contributed by atoms with E-state index < -0.39 is 4.92 Å². The number of benzene rings is 1. The molecule has 6 heteroatoms. The zero-order valence-electron chi connectivity index (χ0n) is 9.21. The van der Waals surface area contributed by atoms with E-state index in [0.29, 0.717) is 6.54 Å². The molecule has 88 valence electrons. The number of anilines is 1. The van der Waals surface area contributed by atoms with Gasteiger partial charge in [0, 0.05) is 29.4 Å². The van der Waals surface area contributed by atoms with Crippen molar-refractivity contribution in [2.45, 2.75) is 13.5 Å². The lowest BCUT2D eigenvalue weighted by molar-refractivity contribution is -0.384. The lowest BCUT2D eigenvalue weighted by Crippen LogP contribution is -2.01. The van der Waals surface area contributed by atoms with Crippen LogP contribution in [0.2, 0.25) is 0 Å². The molecular formula is C11H11N3O2S. The van der Waals surface area contributed by atoms with Gasteiger partial charge in [0.25, 0.3) is 5.69 Å². The van der Waals surface area contributed by atoms with E-state index in [9.17, 15) is 10.1 Å². The molecule has 0 amide bonds. The van der Waals surface area contributed by atoms with Gasteiger partial charge in [0.2, 0.25) is 0 Å². The molecule has 1 aromatic carbocycles. The van der Waals surface area contributed by atoms with Crippen molar-refractivity contribution in [1.82, 2.24) is 4.98 Å². The number of hydrogen-bond donors (Lipinski definition) is 1. The molecule has 0 aliphatic carbocycles. The molecule has 0 saturated heterocycles. The Morgan fingerprint density at radius 2 is 2.35 bits per heavy atom. The molecule has 17 heavy (non-hydrogen) atoms. The first-order valence-electron chi connectivity index (χ1n) is 5.04. The second-order valence-corrected chi connectivity index (χ2v) is 4.51. The number of rotatable bonds is 4. The Kier molecular flexibility index (Phi) is 3.34. The number of aromatic nitrogens is 1. The van der Waals surface area contributed by atoms with Gasteiger partial charge in [0.1, 0.15) is 5.01 Å². The zero-order valence-corrected chi connectivity index (χ0v) is 10.0. The number of nitrogens with one attached hydrogen (secondary N) is 1. The SMILES string of the molecule is Cc1cc([N+](=O)[O-])ccc1NCc1nccs1. The van der Waals surface area contributed by atoms with Crippen LogP contribution in [-0.2, 0) is 6.54 Å². The maximum atomic E-state index is 10.6. The molecule has 1 N–H and O–H groups in total. The van der Waals surface area contributed by atoms with Crippen molar-refractivity contribution in [1.29, 1.82) is 0 Å². The molecule has 0 aliphatic heterocycles. The van der Waals surface area contributed by atoms with Crippen LogP contribution in [0.3, 0.4) is 0 Å². The summed E-state index contributed by atoms with van der Waals surface area (Å²) in [6.45, 7) is 2.48. The second-order valence-electron chi connectivity index (χ2n) is 3.54. The standard InChI is InChI=1S/C11H11N3O2S/c1-8-6-9(14(15)16)2-3-10(8)13-7-11-12-4-5-17-11/h2-6,13H,7H2,1H3. The van der Waals surface area contributed by atoms with Crippen LogP contribution in [0, 0.1) is 17.0 Å². The Labute approximate surface area is 102 Å². The minimum Gasteiger partial charge on any atom is -0.378 e. The van der Waals surface area contributed by atoms with Crippen molar-refractivity contribution >= 4 is 22.7 Å². The van der Waals surface area contributed by atoms with Crippen molar-refractivity contribution in [3.8, 4) is 0 Å². The highest BCUT2D eigenvalue weighted by Gasteiger charge is 2.07. The van der Waals surface area contributed by atoms with E-state index >= 15 is 0 Å². The van der Waals surface area contributed by atoms with Gasteiger partial charge < -0.3 is 5.32 Å². The summed E-state index contributed by atoms with van der Waals surface area (Å²) in [4.78, 5) is 14.3. The smallest absolute Gasteiger partial charge is 0.269 e. The molecular weight excluding hydrogens is 238 g/mol. The highest BCUT2D eigenvalue weighted by molar-refractivity contribution is 7.09. The summed E-state index contributed by atoms with van der Waals surface area (Å²) in [6, 6.07) is 4.78. The van der Waals surface area contributed by atoms with Gasteiger partial charge in [-0.1, -0.05) is 0 Å². The third-order valence-corrected chi connectivity index (χ3v) is 3.11. The number of nitro groups is 1. The van der Waals surface area contributed by atoms with Crippen LogP contribution in [0.1, 0.15) is 10.6 Å². The molecule has 0 radical (unpaired) electrons. The van der Waals surface area contributed by atoms with Crippen LogP contribution < -0.4 is 5.32 Å². The van der Waals surface area contributed by atoms with E-state index in [4.69, 9.17) is 0 Å². The first kappa shape index (κ1) is 11.5. The van der Waals surface area contributed by atoms with E-state index in [1.807, 2.05) is 12.3 Å². The Morgan fingerprint density at radius 1 is 1.53 bits per heavy atom. The van der Waals surface area contributed by atoms with E-state index in [0.717, 1.165) is 16.3 Å². The summed E-state index contributed by atoms with van der Waals surface area (Å²) < 4.78 is 0. The Balaban J connectivity index is 2.09. The summed E-state index contributed by atoms with van der Waals surface area (Å²) in [5.74, 6) is 0. The van der Waals surface area contributed by atoms with Crippen LogP contribution in [0.25, 0.3) is 0 Å². The molecule has 2 rings (SSSR count). The van der Waals surface area contributed by atoms with E-state index in [1.54, 1.807) is 29.7 Å². The third kappa shape index (κ3) is 2.79. The maximum Gasteiger partial charge on any atom is 0.269 e. The van der Waals surface area contributed by atoms with Crippen LogP contribution in [0.5, 0.6) is 0 Å². The average Bonchev–Trinajstić information content (AvgIpc) is 2.80. The van der Waals surface area contributed by atoms with Crippen LogP contribution >= 0.6 is 11.3 Å². The number of aryl methyl sites for hydroxylation is 1. The predicted octanol–water partition coefficient (Wildman–Crippen LogP) is 2.97. The minimum atomic E-state index is -0.391. The molecule has 0 unspecified atom stereocenters. The summed E-state index contributed by atoms with van der Waals surface area (Å²) in [5.41, 5.74) is 1.86. The lowest BCUT2D eigenvalue weighted by Gasteiger charge is -2.07. The average molecular weight is 249 g/mol. The van der Waals surface area contributed by atoms with E-state index in [-0.39, 0.29) is 5.69 Å². The van der Waals surface area contributed by atoms with Gasteiger partial charge in [-0.2, -0.15) is 0 Å². The molecule has 5 nitrogen and oxygen atoms in total. The maximum absolute atomic E-state index is 10.6. The highest BCUT2D eigenvalue weighted by atomic mass is 32.1. The fraction of sp³-hybridized carbons (Fsp3) is 0.182. The Morgan fingerprint density at radius 3 is 2.94 bits per heavy atom. The van der Waals surface area contributed by atoms with Gasteiger partial charge in [-0.3, -0.25) is 10.1 Å². The first-order chi connectivity index (χ1) is 8.16. The van der Waals surface area contributed by atoms with Crippen molar-refractivity contribution < 1.29 is 4.92 Å². The molecule has 0 saturated carbocycles. The number of nitro benzene ring substituents is 1. The van der Waals surface area contributed by atoms with Crippen LogP contribution in [0.15, 0.2) is 29.8 Å². The summed E-state index contributed by atoms with van der Waals surface area (Å²) >= 11 is 1.57. The normalized spacial score (nSPS) is 10.2. The summed E-state index contributed by atoms with van der Waals surface area (Å²) in [6.07, 6.45) is 1.75. The van der Waals surface area contributed by atoms with Gasteiger partial charge in [0.05, 0.1) is 11.5 Å². The molecule has 1 heterocycles. The number of non-ortho nitro benzene ring substituents is 1. The van der Waals surface area contributed by atoms with Gasteiger partial charge in [0.15, 0.2) is 0 Å². The molecule has 0 atom stereocenters. The highest BCUT2D eigenvalue weighted by Crippen LogP contribution is 2.21. The quantitative estimate of drug-likeness (QED) is 0.668. The molecule has 1 aromatic heterocycles. The summed E-state index contributed by atoms with van der Waals surface area (Å²) in [7, 11) is 0. The zero-order chi connectivity index (χ0) is 12.3. The van der Waals surface area contributed by atoms with Gasteiger partial charge >= 0.3 is 0 Å². The number of thiazole rings is 1. The van der Waals surface area contributed by atoms with Crippen molar-refractivity contribution in [3.63, 3.8) is 0 Å². The van der Waals surface area contributed by atoms with Gasteiger partial charge in [-0.15, -0.1) is 11.3 Å². The van der Waals surface area contributed by atoms with Gasteiger partial charge in [-0.25, -0.2) is 4.98 Å². The van der Waals surface area contributed by atoms with E-state index in [2.05, 4.69) is 10.3 Å². The predicted molar refractivity (Wildman–Crippen MR) is 67.3 cm³/mol. The third-order valence-electron chi connectivity index (χ3n) is 2.33. The van der Waals surface area contributed by atoms with Crippen LogP contribution in [0.4, 0.5) is 11.4 Å². The van der Waals surface area contributed by atoms with Crippen LogP contribution in [-0.4, -0.2) is 9.91 Å². The van der Waals surface area contributed by atoms with Crippen molar-refractivity contribution in [2.24, 2.45) is 0 Å². The molecule has 0 spiro atoms. The monoisotopic (exact) mass is 249 g/mol. The summed E-state index contributed by atoms with van der Waals surface area (Å²) in [5, 5.41) is 16.7.